The van der Waals surface area contributed by atoms with Gasteiger partial charge >= 0.3 is 0 Å². The molecule has 1 spiro atoms. The lowest BCUT2D eigenvalue weighted by atomic mass is 9.85. The Hall–Kier alpha value is -1.63. The van der Waals surface area contributed by atoms with Crippen LogP contribution in [-0.2, 0) is 4.79 Å². The third-order valence-electron chi connectivity index (χ3n) is 4.94. The lowest BCUT2D eigenvalue weighted by Gasteiger charge is -2.41. The summed E-state index contributed by atoms with van der Waals surface area (Å²) in [5.41, 5.74) is -0.412. The molecule has 0 aliphatic carbocycles. The molecule has 1 aromatic rings. The monoisotopic (exact) mass is 340 g/mol. The first-order valence-corrected chi connectivity index (χ1v) is 7.78. The van der Waals surface area contributed by atoms with E-state index in [9.17, 15) is 19.5 Å². The van der Waals surface area contributed by atoms with Crippen molar-refractivity contribution in [3.63, 3.8) is 0 Å². The van der Waals surface area contributed by atoms with Crippen molar-refractivity contribution in [2.24, 2.45) is 0 Å². The van der Waals surface area contributed by atoms with Crippen molar-refractivity contribution < 1.29 is 19.5 Å². The highest BCUT2D eigenvalue weighted by Crippen LogP contribution is 2.46. The van der Waals surface area contributed by atoms with Gasteiger partial charge in [-0.05, 0) is 31.4 Å². The summed E-state index contributed by atoms with van der Waals surface area (Å²) >= 11 is 6.20. The Morgan fingerprint density at radius 1 is 1.30 bits per heavy atom. The molecule has 1 saturated heterocycles. The summed E-state index contributed by atoms with van der Waals surface area (Å²) in [6.07, 6.45) is 0.734. The molecule has 124 valence electrons. The standard InChI is InChI=1S/C16H18ClFN2O3/c1-9-3-4-10(18)11(13(9)17)12-14(21)16(19(2)15(12)22)5-7-20(23)8-6-16/h3-4,21,23H,5-8H2,1-2H3. The molecule has 23 heavy (non-hydrogen) atoms. The third-order valence-corrected chi connectivity index (χ3v) is 5.43. The maximum atomic E-state index is 14.3. The van der Waals surface area contributed by atoms with E-state index in [1.165, 1.54) is 17.0 Å². The van der Waals surface area contributed by atoms with Gasteiger partial charge in [0.1, 0.15) is 17.1 Å². The number of aliphatic hydroxyl groups excluding tert-OH is 1. The fourth-order valence-corrected chi connectivity index (χ4v) is 3.65. The Morgan fingerprint density at radius 3 is 2.52 bits per heavy atom. The van der Waals surface area contributed by atoms with E-state index >= 15 is 0 Å². The van der Waals surface area contributed by atoms with Gasteiger partial charge in [0.25, 0.3) is 5.91 Å². The zero-order chi connectivity index (χ0) is 16.9. The van der Waals surface area contributed by atoms with Crippen LogP contribution in [-0.4, -0.2) is 51.9 Å². The summed E-state index contributed by atoms with van der Waals surface area (Å²) in [5, 5.41) is 21.6. The molecule has 2 heterocycles. The summed E-state index contributed by atoms with van der Waals surface area (Å²) < 4.78 is 14.3. The van der Waals surface area contributed by atoms with Gasteiger partial charge in [0, 0.05) is 25.7 Å². The van der Waals surface area contributed by atoms with Crippen LogP contribution in [0.2, 0.25) is 5.02 Å². The van der Waals surface area contributed by atoms with E-state index in [4.69, 9.17) is 11.6 Å². The molecule has 0 radical (unpaired) electrons. The summed E-state index contributed by atoms with van der Waals surface area (Å²) in [7, 11) is 1.58. The Kier molecular flexibility index (Phi) is 3.86. The molecule has 3 rings (SSSR count). The maximum Gasteiger partial charge on any atom is 0.258 e. The van der Waals surface area contributed by atoms with Crippen LogP contribution in [0.5, 0.6) is 0 Å². The average Bonchev–Trinajstić information content (AvgIpc) is 2.70. The van der Waals surface area contributed by atoms with E-state index < -0.39 is 17.3 Å². The molecule has 2 aliphatic rings. The Morgan fingerprint density at radius 2 is 1.91 bits per heavy atom. The second-order valence-electron chi connectivity index (χ2n) is 6.13. The number of carbonyl (C=O) groups is 1. The van der Waals surface area contributed by atoms with Crippen LogP contribution in [0, 0.1) is 12.7 Å². The van der Waals surface area contributed by atoms with Crippen molar-refractivity contribution in [2.45, 2.75) is 25.3 Å². The zero-order valence-electron chi connectivity index (χ0n) is 12.9. The highest BCUT2D eigenvalue weighted by Gasteiger charge is 2.52. The topological polar surface area (TPSA) is 64.0 Å². The van der Waals surface area contributed by atoms with E-state index in [0.717, 1.165) is 5.06 Å². The van der Waals surface area contributed by atoms with Crippen molar-refractivity contribution in [1.82, 2.24) is 9.96 Å². The highest BCUT2D eigenvalue weighted by atomic mass is 35.5. The molecule has 1 fully saturated rings. The Bertz CT molecular complexity index is 712. The maximum absolute atomic E-state index is 14.3. The number of piperidine rings is 1. The minimum Gasteiger partial charge on any atom is -0.509 e. The normalized spacial score (nSPS) is 21.6. The predicted molar refractivity (Wildman–Crippen MR) is 83.8 cm³/mol. The Balaban J connectivity index is 2.18. The van der Waals surface area contributed by atoms with Crippen molar-refractivity contribution >= 4 is 23.1 Å². The van der Waals surface area contributed by atoms with Crippen LogP contribution in [0.3, 0.4) is 0 Å². The summed E-state index contributed by atoms with van der Waals surface area (Å²) in [6.45, 7) is 2.35. The van der Waals surface area contributed by atoms with Gasteiger partial charge in [-0.25, -0.2) is 4.39 Å². The first kappa shape index (κ1) is 16.2. The van der Waals surface area contributed by atoms with Gasteiger partial charge in [0.15, 0.2) is 0 Å². The third kappa shape index (κ3) is 2.24. The molecule has 7 heteroatoms. The molecule has 2 N–H and O–H groups in total. The fraction of sp³-hybridized carbons (Fsp3) is 0.438. The predicted octanol–water partition coefficient (Wildman–Crippen LogP) is 2.75. The molecular formula is C16H18ClFN2O3. The number of nitrogens with zero attached hydrogens (tertiary/aromatic N) is 2. The number of hydroxylamine groups is 2. The number of aliphatic hydroxyl groups is 1. The van der Waals surface area contributed by atoms with Crippen molar-refractivity contribution in [2.75, 3.05) is 20.1 Å². The summed E-state index contributed by atoms with van der Waals surface area (Å²) in [6, 6.07) is 2.77. The Labute approximate surface area is 138 Å². The van der Waals surface area contributed by atoms with E-state index in [0.29, 0.717) is 31.5 Å². The van der Waals surface area contributed by atoms with Gasteiger partial charge in [0.2, 0.25) is 0 Å². The lowest BCUT2D eigenvalue weighted by molar-refractivity contribution is -0.141. The van der Waals surface area contributed by atoms with E-state index in [-0.39, 0.29) is 21.9 Å². The summed E-state index contributed by atoms with van der Waals surface area (Å²) in [5.74, 6) is -1.26. The van der Waals surface area contributed by atoms with E-state index in [2.05, 4.69) is 0 Å². The average molecular weight is 341 g/mol. The van der Waals surface area contributed by atoms with Crippen molar-refractivity contribution in [3.8, 4) is 0 Å². The van der Waals surface area contributed by atoms with Crippen LogP contribution >= 0.6 is 11.6 Å². The second-order valence-corrected chi connectivity index (χ2v) is 6.50. The van der Waals surface area contributed by atoms with Crippen LogP contribution < -0.4 is 0 Å². The van der Waals surface area contributed by atoms with Gasteiger partial charge in [-0.1, -0.05) is 17.7 Å². The number of hydrogen-bond acceptors (Lipinski definition) is 4. The number of carbonyl (C=O) groups excluding carboxylic acids is 1. The van der Waals surface area contributed by atoms with Crippen molar-refractivity contribution in [3.05, 3.63) is 39.9 Å². The molecule has 0 atom stereocenters. The molecule has 1 aromatic carbocycles. The molecule has 0 aromatic heterocycles. The first-order chi connectivity index (χ1) is 10.8. The number of benzene rings is 1. The van der Waals surface area contributed by atoms with E-state index in [1.54, 1.807) is 14.0 Å². The van der Waals surface area contributed by atoms with Gasteiger partial charge in [0.05, 0.1) is 10.6 Å². The number of amides is 1. The molecule has 0 bridgehead atoms. The lowest BCUT2D eigenvalue weighted by Crippen LogP contribution is -2.53. The fourth-order valence-electron chi connectivity index (χ4n) is 3.40. The largest absolute Gasteiger partial charge is 0.509 e. The van der Waals surface area contributed by atoms with Crippen molar-refractivity contribution in [1.29, 1.82) is 0 Å². The number of halogens is 2. The summed E-state index contributed by atoms with van der Waals surface area (Å²) in [4.78, 5) is 14.1. The minimum absolute atomic E-state index is 0.0516. The van der Waals surface area contributed by atoms with Gasteiger partial charge in [-0.15, -0.1) is 0 Å². The van der Waals surface area contributed by atoms with Gasteiger partial charge in [-0.3, -0.25) is 4.79 Å². The number of aryl methyl sites for hydroxylation is 1. The number of hydrogen-bond donors (Lipinski definition) is 2. The molecule has 5 nitrogen and oxygen atoms in total. The zero-order valence-corrected chi connectivity index (χ0v) is 13.7. The highest BCUT2D eigenvalue weighted by molar-refractivity contribution is 6.36. The van der Waals surface area contributed by atoms with Crippen LogP contribution in [0.25, 0.3) is 5.57 Å². The molecule has 0 saturated carbocycles. The smallest absolute Gasteiger partial charge is 0.258 e. The molecule has 0 unspecified atom stereocenters. The number of rotatable bonds is 1. The SMILES string of the molecule is Cc1ccc(F)c(C2=C(O)C3(CCN(O)CC3)N(C)C2=O)c1Cl. The molecular weight excluding hydrogens is 323 g/mol. The molecule has 1 amide bonds. The van der Waals surface area contributed by atoms with Crippen LogP contribution in [0.4, 0.5) is 4.39 Å². The van der Waals surface area contributed by atoms with E-state index in [1.807, 2.05) is 0 Å². The van der Waals surface area contributed by atoms with Gasteiger partial charge in [-0.2, -0.15) is 5.06 Å². The number of likely N-dealkylation sites (N-methyl/N-ethyl adjacent to an activating group) is 1. The van der Waals surface area contributed by atoms with Gasteiger partial charge < -0.3 is 15.2 Å². The quantitative estimate of drug-likeness (QED) is 0.825. The molecule has 2 aliphatic heterocycles. The first-order valence-electron chi connectivity index (χ1n) is 7.40. The second kappa shape index (κ2) is 5.47. The van der Waals surface area contributed by atoms with Crippen LogP contribution in [0.15, 0.2) is 17.9 Å². The van der Waals surface area contributed by atoms with Crippen LogP contribution in [0.1, 0.15) is 24.0 Å². The minimum atomic E-state index is -0.912.